The normalized spacial score (nSPS) is 11.0. The SMILES string of the molecule is Cc1cc(C#CC(C)(C)C)ccc1C(=O)Nc1ccc2nc[nH]c2c1. The zero-order chi connectivity index (χ0) is 18.0. The third-order valence-corrected chi connectivity index (χ3v) is 3.73. The molecule has 1 heterocycles. The van der Waals surface area contributed by atoms with Crippen LogP contribution in [-0.2, 0) is 0 Å². The van der Waals surface area contributed by atoms with Crippen molar-refractivity contribution in [1.82, 2.24) is 9.97 Å². The van der Waals surface area contributed by atoms with Crippen LogP contribution >= 0.6 is 0 Å². The molecule has 0 aliphatic heterocycles. The van der Waals surface area contributed by atoms with E-state index < -0.39 is 0 Å². The summed E-state index contributed by atoms with van der Waals surface area (Å²) in [4.78, 5) is 19.8. The Bertz CT molecular complexity index is 997. The van der Waals surface area contributed by atoms with Gasteiger partial charge in [-0.15, -0.1) is 0 Å². The Balaban J connectivity index is 1.80. The van der Waals surface area contributed by atoms with Gasteiger partial charge < -0.3 is 10.3 Å². The summed E-state index contributed by atoms with van der Waals surface area (Å²) in [6.45, 7) is 8.15. The van der Waals surface area contributed by atoms with Crippen molar-refractivity contribution >= 4 is 22.6 Å². The molecule has 3 aromatic rings. The minimum absolute atomic E-state index is 0.0464. The summed E-state index contributed by atoms with van der Waals surface area (Å²) in [5, 5.41) is 2.93. The molecular weight excluding hydrogens is 310 g/mol. The molecule has 0 unspecified atom stereocenters. The van der Waals surface area contributed by atoms with Crippen LogP contribution in [-0.4, -0.2) is 15.9 Å². The number of hydrogen-bond acceptors (Lipinski definition) is 2. The van der Waals surface area contributed by atoms with Crippen LogP contribution in [0, 0.1) is 24.2 Å². The van der Waals surface area contributed by atoms with Crippen molar-refractivity contribution in [1.29, 1.82) is 0 Å². The van der Waals surface area contributed by atoms with E-state index in [0.29, 0.717) is 5.56 Å². The van der Waals surface area contributed by atoms with E-state index in [1.165, 1.54) is 0 Å². The van der Waals surface area contributed by atoms with E-state index in [9.17, 15) is 4.79 Å². The van der Waals surface area contributed by atoms with Crippen LogP contribution in [0.2, 0.25) is 0 Å². The minimum atomic E-state index is -0.133. The Morgan fingerprint density at radius 3 is 2.68 bits per heavy atom. The van der Waals surface area contributed by atoms with Gasteiger partial charge in [0.25, 0.3) is 5.91 Å². The van der Waals surface area contributed by atoms with Crippen molar-refractivity contribution < 1.29 is 4.79 Å². The summed E-state index contributed by atoms with van der Waals surface area (Å²) in [7, 11) is 0. The van der Waals surface area contributed by atoms with Gasteiger partial charge in [0, 0.05) is 22.2 Å². The number of anilines is 1. The van der Waals surface area contributed by atoms with Crippen molar-refractivity contribution in [3.05, 3.63) is 59.4 Å². The molecule has 1 aromatic heterocycles. The highest BCUT2D eigenvalue weighted by Gasteiger charge is 2.10. The highest BCUT2D eigenvalue weighted by molar-refractivity contribution is 6.06. The van der Waals surface area contributed by atoms with Crippen molar-refractivity contribution in [3.8, 4) is 11.8 Å². The van der Waals surface area contributed by atoms with Crippen LogP contribution in [0.1, 0.15) is 42.3 Å². The molecule has 2 aromatic carbocycles. The van der Waals surface area contributed by atoms with Gasteiger partial charge in [0.15, 0.2) is 0 Å². The maximum atomic E-state index is 12.6. The van der Waals surface area contributed by atoms with Crippen molar-refractivity contribution in [3.63, 3.8) is 0 Å². The Kier molecular flexibility index (Phi) is 4.33. The molecule has 0 bridgehead atoms. The Morgan fingerprint density at radius 2 is 1.96 bits per heavy atom. The summed E-state index contributed by atoms with van der Waals surface area (Å²) < 4.78 is 0. The molecule has 0 saturated heterocycles. The molecule has 0 aliphatic rings. The first-order chi connectivity index (χ1) is 11.8. The lowest BCUT2D eigenvalue weighted by Crippen LogP contribution is -2.13. The average Bonchev–Trinajstić information content (AvgIpc) is 3.00. The second kappa shape index (κ2) is 6.45. The Morgan fingerprint density at radius 1 is 1.16 bits per heavy atom. The molecule has 0 radical (unpaired) electrons. The predicted octanol–water partition coefficient (Wildman–Crippen LogP) is 4.52. The fraction of sp³-hybridized carbons (Fsp3) is 0.238. The topological polar surface area (TPSA) is 57.8 Å². The predicted molar refractivity (Wildman–Crippen MR) is 102 cm³/mol. The minimum Gasteiger partial charge on any atom is -0.345 e. The van der Waals surface area contributed by atoms with Crippen LogP contribution in [0.3, 0.4) is 0 Å². The van der Waals surface area contributed by atoms with E-state index in [0.717, 1.165) is 27.8 Å². The number of benzene rings is 2. The van der Waals surface area contributed by atoms with Crippen molar-refractivity contribution in [2.75, 3.05) is 5.32 Å². The van der Waals surface area contributed by atoms with Crippen LogP contribution in [0.15, 0.2) is 42.7 Å². The fourth-order valence-corrected chi connectivity index (χ4v) is 2.47. The summed E-state index contributed by atoms with van der Waals surface area (Å²) in [6.07, 6.45) is 1.64. The Hall–Kier alpha value is -3.06. The maximum absolute atomic E-state index is 12.6. The molecule has 4 nitrogen and oxygen atoms in total. The van der Waals surface area contributed by atoms with Crippen molar-refractivity contribution in [2.24, 2.45) is 5.41 Å². The van der Waals surface area contributed by atoms with E-state index in [1.54, 1.807) is 6.33 Å². The first-order valence-electron chi connectivity index (χ1n) is 8.20. The lowest BCUT2D eigenvalue weighted by molar-refractivity contribution is 0.102. The van der Waals surface area contributed by atoms with Crippen LogP contribution < -0.4 is 5.32 Å². The summed E-state index contributed by atoms with van der Waals surface area (Å²) in [6, 6.07) is 11.3. The molecule has 25 heavy (non-hydrogen) atoms. The number of H-pyrrole nitrogens is 1. The first kappa shape index (κ1) is 16.8. The lowest BCUT2D eigenvalue weighted by atomic mass is 9.97. The van der Waals surface area contributed by atoms with E-state index >= 15 is 0 Å². The molecule has 0 aliphatic carbocycles. The van der Waals surface area contributed by atoms with Crippen LogP contribution in [0.25, 0.3) is 11.0 Å². The van der Waals surface area contributed by atoms with E-state index in [1.807, 2.05) is 43.3 Å². The van der Waals surface area contributed by atoms with E-state index in [4.69, 9.17) is 0 Å². The number of aryl methyl sites for hydroxylation is 1. The third-order valence-electron chi connectivity index (χ3n) is 3.73. The van der Waals surface area contributed by atoms with Gasteiger partial charge in [-0.2, -0.15) is 0 Å². The number of nitrogens with zero attached hydrogens (tertiary/aromatic N) is 1. The van der Waals surface area contributed by atoms with Gasteiger partial charge >= 0.3 is 0 Å². The van der Waals surface area contributed by atoms with Gasteiger partial charge in [-0.1, -0.05) is 11.8 Å². The number of amides is 1. The van der Waals surface area contributed by atoms with Gasteiger partial charge in [0.2, 0.25) is 0 Å². The molecule has 4 heteroatoms. The highest BCUT2D eigenvalue weighted by atomic mass is 16.1. The molecule has 3 rings (SSSR count). The zero-order valence-electron chi connectivity index (χ0n) is 14.9. The molecule has 0 atom stereocenters. The van der Waals surface area contributed by atoms with Gasteiger partial charge in [0.05, 0.1) is 17.4 Å². The number of carbonyl (C=O) groups excluding carboxylic acids is 1. The third kappa shape index (κ3) is 4.07. The number of aromatic amines is 1. The Labute approximate surface area is 147 Å². The average molecular weight is 331 g/mol. The van der Waals surface area contributed by atoms with Crippen LogP contribution in [0.4, 0.5) is 5.69 Å². The number of nitrogens with one attached hydrogen (secondary N) is 2. The lowest BCUT2D eigenvalue weighted by Gasteiger charge is -2.09. The number of carbonyl (C=O) groups is 1. The summed E-state index contributed by atoms with van der Waals surface area (Å²) in [5.41, 5.74) is 4.92. The fourth-order valence-electron chi connectivity index (χ4n) is 2.47. The highest BCUT2D eigenvalue weighted by Crippen LogP contribution is 2.18. The second-order valence-electron chi connectivity index (χ2n) is 7.12. The molecule has 0 fully saturated rings. The molecule has 1 amide bonds. The van der Waals surface area contributed by atoms with E-state index in [2.05, 4.69) is 47.9 Å². The maximum Gasteiger partial charge on any atom is 0.255 e. The monoisotopic (exact) mass is 331 g/mol. The first-order valence-corrected chi connectivity index (χ1v) is 8.20. The van der Waals surface area contributed by atoms with E-state index in [-0.39, 0.29) is 11.3 Å². The molecule has 0 saturated carbocycles. The number of fused-ring (bicyclic) bond motifs is 1. The van der Waals surface area contributed by atoms with Gasteiger partial charge in [-0.05, 0) is 69.7 Å². The number of rotatable bonds is 2. The number of imidazole rings is 1. The summed E-state index contributed by atoms with van der Waals surface area (Å²) in [5.74, 6) is 6.24. The van der Waals surface area contributed by atoms with Crippen LogP contribution in [0.5, 0.6) is 0 Å². The van der Waals surface area contributed by atoms with Crippen molar-refractivity contribution in [2.45, 2.75) is 27.7 Å². The number of aromatic nitrogens is 2. The zero-order valence-corrected chi connectivity index (χ0v) is 14.9. The largest absolute Gasteiger partial charge is 0.345 e. The summed E-state index contributed by atoms with van der Waals surface area (Å²) >= 11 is 0. The van der Waals surface area contributed by atoms with Gasteiger partial charge in [0.1, 0.15) is 0 Å². The number of hydrogen-bond donors (Lipinski definition) is 2. The molecular formula is C21H21N3O. The standard InChI is InChI=1S/C21H21N3O/c1-14-11-15(9-10-21(2,3)4)5-7-17(14)20(25)24-16-6-8-18-19(12-16)23-13-22-18/h5-8,11-13H,1-4H3,(H,22,23)(H,24,25). The quantitative estimate of drug-likeness (QED) is 0.678. The van der Waals surface area contributed by atoms with Gasteiger partial charge in [-0.3, -0.25) is 4.79 Å². The smallest absolute Gasteiger partial charge is 0.255 e. The molecule has 2 N–H and O–H groups in total. The van der Waals surface area contributed by atoms with Gasteiger partial charge in [-0.25, -0.2) is 4.98 Å². The molecule has 126 valence electrons. The molecule has 0 spiro atoms. The second-order valence-corrected chi connectivity index (χ2v) is 7.12.